The number of rotatable bonds is 8. The summed E-state index contributed by atoms with van der Waals surface area (Å²) >= 11 is 1.30. The molecule has 0 aliphatic carbocycles. The van der Waals surface area contributed by atoms with Crippen molar-refractivity contribution < 1.29 is 35.9 Å². The molecule has 0 saturated carbocycles. The number of carboxylic acids is 1. The Hall–Kier alpha value is -3.30. The van der Waals surface area contributed by atoms with Crippen LogP contribution in [-0.4, -0.2) is 53.6 Å². The van der Waals surface area contributed by atoms with Gasteiger partial charge in [-0.2, -0.15) is 21.6 Å². The first-order chi connectivity index (χ1) is 17.9. The van der Waals surface area contributed by atoms with Crippen LogP contribution in [0.4, 0.5) is 29.1 Å². The number of nitrogens with one attached hydrogen (secondary N) is 2. The number of likely N-dealkylation sites (tertiary alicyclic amines) is 1. The first-order valence-electron chi connectivity index (χ1n) is 11.3. The Balaban J connectivity index is 0.000000505. The molecule has 0 unspecified atom stereocenters. The minimum Gasteiger partial charge on any atom is -0.475 e. The molecule has 9 nitrogen and oxygen atoms in total. The molecule has 3 N–H and O–H groups in total. The predicted octanol–water partition coefficient (Wildman–Crippen LogP) is 4.63. The third kappa shape index (κ3) is 8.10. The number of hydrogen-bond donors (Lipinski definition) is 3. The van der Waals surface area contributed by atoms with E-state index in [0.29, 0.717) is 23.5 Å². The van der Waals surface area contributed by atoms with Crippen LogP contribution in [0.25, 0.3) is 0 Å². The van der Waals surface area contributed by atoms with Gasteiger partial charge in [-0.05, 0) is 56.6 Å². The predicted molar refractivity (Wildman–Crippen MR) is 134 cm³/mol. The van der Waals surface area contributed by atoms with Gasteiger partial charge >= 0.3 is 12.1 Å². The van der Waals surface area contributed by atoms with E-state index < -0.39 is 22.2 Å². The second kappa shape index (κ2) is 12.5. The summed E-state index contributed by atoms with van der Waals surface area (Å²) in [5.41, 5.74) is 4.30. The lowest BCUT2D eigenvalue weighted by molar-refractivity contribution is -0.192. The molecule has 1 fully saturated rings. The van der Waals surface area contributed by atoms with Gasteiger partial charge in [-0.3, -0.25) is 9.62 Å². The first kappa shape index (κ1) is 29.3. The van der Waals surface area contributed by atoms with Crippen LogP contribution in [-0.2, 0) is 27.9 Å². The molecule has 1 aliphatic rings. The fraction of sp³-hybridized carbons (Fsp3) is 0.348. The molecule has 3 aromatic rings. The first-order valence-corrected chi connectivity index (χ1v) is 13.7. The zero-order chi connectivity index (χ0) is 27.9. The molecule has 0 amide bonds. The van der Waals surface area contributed by atoms with Gasteiger partial charge in [-0.25, -0.2) is 19.2 Å². The van der Waals surface area contributed by atoms with E-state index in [2.05, 4.69) is 24.9 Å². The lowest BCUT2D eigenvalue weighted by atomic mass is 10.1. The number of alkyl halides is 3. The molecule has 1 aliphatic heterocycles. The summed E-state index contributed by atoms with van der Waals surface area (Å²) in [5, 5.41) is 11.8. The highest BCUT2D eigenvalue weighted by Crippen LogP contribution is 2.23. The van der Waals surface area contributed by atoms with Crippen LogP contribution < -0.4 is 10.0 Å². The van der Waals surface area contributed by atoms with Crippen molar-refractivity contribution in [1.82, 2.24) is 14.9 Å². The van der Waals surface area contributed by atoms with Crippen molar-refractivity contribution in [1.29, 1.82) is 0 Å². The van der Waals surface area contributed by atoms with Crippen molar-refractivity contribution in [2.75, 3.05) is 23.1 Å². The molecule has 1 saturated heterocycles. The van der Waals surface area contributed by atoms with Crippen LogP contribution in [0.2, 0.25) is 0 Å². The third-order valence-corrected chi connectivity index (χ3v) is 7.36. The maximum Gasteiger partial charge on any atom is 0.490 e. The van der Waals surface area contributed by atoms with Crippen molar-refractivity contribution in [3.8, 4) is 0 Å². The van der Waals surface area contributed by atoms with Gasteiger partial charge in [0, 0.05) is 24.0 Å². The Morgan fingerprint density at radius 3 is 2.45 bits per heavy atom. The topological polar surface area (TPSA) is 125 Å². The molecule has 0 bridgehead atoms. The van der Waals surface area contributed by atoms with Crippen molar-refractivity contribution in [3.05, 3.63) is 63.9 Å². The summed E-state index contributed by atoms with van der Waals surface area (Å²) < 4.78 is 73.7. The molecule has 2 aromatic heterocycles. The second-order valence-electron chi connectivity index (χ2n) is 8.28. The highest BCUT2D eigenvalue weighted by molar-refractivity contribution is 7.92. The number of pyridine rings is 1. The summed E-state index contributed by atoms with van der Waals surface area (Å²) in [5.74, 6) is -2.74. The Kier molecular flexibility index (Phi) is 9.62. The average molecular weight is 576 g/mol. The number of carbonyl (C=O) groups is 1. The minimum atomic E-state index is -5.08. The molecular formula is C23H25F4N5O4S2. The number of carboxylic acid groups (broad SMARTS) is 1. The molecule has 15 heteroatoms. The minimum absolute atomic E-state index is 0.0934. The van der Waals surface area contributed by atoms with E-state index in [1.807, 2.05) is 6.07 Å². The highest BCUT2D eigenvalue weighted by Gasteiger charge is 2.38. The van der Waals surface area contributed by atoms with Crippen LogP contribution in [0.15, 0.2) is 46.2 Å². The molecule has 0 spiro atoms. The number of thiazole rings is 1. The van der Waals surface area contributed by atoms with E-state index >= 15 is 0 Å². The van der Waals surface area contributed by atoms with Crippen LogP contribution in [0.3, 0.4) is 0 Å². The van der Waals surface area contributed by atoms with Crippen molar-refractivity contribution in [2.24, 2.45) is 0 Å². The van der Waals surface area contributed by atoms with E-state index in [9.17, 15) is 26.0 Å². The molecular weight excluding hydrogens is 550 g/mol. The summed E-state index contributed by atoms with van der Waals surface area (Å²) in [6.07, 6.45) is -2.72. The van der Waals surface area contributed by atoms with E-state index in [4.69, 9.17) is 9.90 Å². The third-order valence-electron chi connectivity index (χ3n) is 5.51. The molecule has 1 aromatic carbocycles. The fourth-order valence-corrected chi connectivity index (χ4v) is 5.20. The van der Waals surface area contributed by atoms with E-state index in [-0.39, 0.29) is 16.7 Å². The van der Waals surface area contributed by atoms with Crippen LogP contribution >= 0.6 is 11.3 Å². The molecule has 4 rings (SSSR count). The number of sulfonamides is 1. The maximum atomic E-state index is 14.6. The standard InChI is InChI=1S/C21H24FN5O2S2.C2HF3O2/c1-15-19(7-8-21(25-15)31(28,29)26-20-13-30-14-24-20)23-11-17-16(5-4-6-18(17)22)12-27-9-2-3-10-27;3-2(4,5)1(6)7/h4-8,13-14,23,26H,2-3,9-12H2,1H3;(H,6,7). The van der Waals surface area contributed by atoms with Crippen LogP contribution in [0.5, 0.6) is 0 Å². The van der Waals surface area contributed by atoms with Crippen molar-refractivity contribution in [2.45, 2.75) is 44.1 Å². The van der Waals surface area contributed by atoms with Gasteiger partial charge in [0.2, 0.25) is 0 Å². The number of nitrogens with zero attached hydrogens (tertiary/aromatic N) is 3. The van der Waals surface area contributed by atoms with Crippen LogP contribution in [0.1, 0.15) is 29.7 Å². The monoisotopic (exact) mass is 575 g/mol. The van der Waals surface area contributed by atoms with Gasteiger partial charge in [-0.15, -0.1) is 11.3 Å². The molecule has 0 atom stereocenters. The SMILES string of the molecule is Cc1nc(S(=O)(=O)Nc2cscn2)ccc1NCc1c(F)cccc1CN1CCCC1.O=C(O)C(F)(F)F. The summed E-state index contributed by atoms with van der Waals surface area (Å²) in [6, 6.07) is 8.25. The van der Waals surface area contributed by atoms with E-state index in [1.54, 1.807) is 29.9 Å². The Morgan fingerprint density at radius 2 is 1.87 bits per heavy atom. The zero-order valence-electron chi connectivity index (χ0n) is 20.1. The normalized spacial score (nSPS) is 14.0. The van der Waals surface area contributed by atoms with Crippen molar-refractivity contribution in [3.63, 3.8) is 0 Å². The number of halogens is 4. The number of benzene rings is 1. The van der Waals surface area contributed by atoms with E-state index in [1.165, 1.54) is 36.3 Å². The van der Waals surface area contributed by atoms with Gasteiger partial charge in [-0.1, -0.05) is 12.1 Å². The smallest absolute Gasteiger partial charge is 0.475 e. The molecule has 0 radical (unpaired) electrons. The number of aromatic nitrogens is 2. The number of hydrogen-bond acceptors (Lipinski definition) is 8. The largest absolute Gasteiger partial charge is 0.490 e. The fourth-order valence-electron chi connectivity index (χ4n) is 3.64. The summed E-state index contributed by atoms with van der Waals surface area (Å²) in [7, 11) is -3.83. The van der Waals surface area contributed by atoms with Gasteiger partial charge in [0.05, 0.1) is 16.9 Å². The average Bonchev–Trinajstić information content (AvgIpc) is 3.53. The van der Waals surface area contributed by atoms with Gasteiger partial charge in [0.15, 0.2) is 10.8 Å². The number of anilines is 2. The number of aryl methyl sites for hydroxylation is 1. The maximum absolute atomic E-state index is 14.6. The van der Waals surface area contributed by atoms with Crippen LogP contribution in [0, 0.1) is 12.7 Å². The summed E-state index contributed by atoms with van der Waals surface area (Å²) in [6.45, 7) is 4.82. The van der Waals surface area contributed by atoms with Crippen molar-refractivity contribution >= 4 is 38.8 Å². The molecule has 206 valence electrons. The molecule has 38 heavy (non-hydrogen) atoms. The quantitative estimate of drug-likeness (QED) is 0.332. The summed E-state index contributed by atoms with van der Waals surface area (Å²) in [4.78, 5) is 19.4. The molecule has 3 heterocycles. The zero-order valence-corrected chi connectivity index (χ0v) is 21.8. The second-order valence-corrected chi connectivity index (χ2v) is 10.6. The lowest BCUT2D eigenvalue weighted by Gasteiger charge is -2.19. The van der Waals surface area contributed by atoms with Gasteiger partial charge in [0.25, 0.3) is 10.0 Å². The lowest BCUT2D eigenvalue weighted by Crippen LogP contribution is -2.21. The Labute approximate surface area is 220 Å². The number of aliphatic carboxylic acids is 1. The van der Waals surface area contributed by atoms with E-state index in [0.717, 1.165) is 25.2 Å². The Bertz CT molecular complexity index is 1350. The highest BCUT2D eigenvalue weighted by atomic mass is 32.2. The van der Waals surface area contributed by atoms with Gasteiger partial charge in [0.1, 0.15) is 5.82 Å². The van der Waals surface area contributed by atoms with Gasteiger partial charge < -0.3 is 10.4 Å². The Morgan fingerprint density at radius 1 is 1.18 bits per heavy atom.